The van der Waals surface area contributed by atoms with Gasteiger partial charge < -0.3 is 10.4 Å². The molecule has 1 rings (SSSR count). The number of hydrogen-bond acceptors (Lipinski definition) is 2. The highest BCUT2D eigenvalue weighted by Crippen LogP contribution is 2.25. The highest BCUT2D eigenvalue weighted by molar-refractivity contribution is 5.77. The Balaban J connectivity index is 2.28. The van der Waals surface area contributed by atoms with Crippen molar-refractivity contribution in [2.45, 2.75) is 52.0 Å². The summed E-state index contributed by atoms with van der Waals surface area (Å²) in [4.78, 5) is 22.3. The first-order valence-corrected chi connectivity index (χ1v) is 6.05. The van der Waals surface area contributed by atoms with Gasteiger partial charge in [0.2, 0.25) is 5.91 Å². The van der Waals surface area contributed by atoms with Gasteiger partial charge in [0, 0.05) is 12.5 Å². The summed E-state index contributed by atoms with van der Waals surface area (Å²) < 4.78 is 0. The number of carbonyl (C=O) groups is 2. The third-order valence-corrected chi connectivity index (χ3v) is 3.38. The lowest BCUT2D eigenvalue weighted by Crippen LogP contribution is -2.34. The molecule has 0 saturated heterocycles. The summed E-state index contributed by atoms with van der Waals surface area (Å²) in [5.41, 5.74) is 0. The van der Waals surface area contributed by atoms with E-state index in [-0.39, 0.29) is 17.9 Å². The number of hydrogen-bond donors (Lipinski definition) is 2. The van der Waals surface area contributed by atoms with E-state index in [2.05, 4.69) is 12.2 Å². The zero-order valence-corrected chi connectivity index (χ0v) is 10.0. The number of carbonyl (C=O) groups excluding carboxylic acids is 1. The van der Waals surface area contributed by atoms with E-state index in [9.17, 15) is 9.59 Å². The summed E-state index contributed by atoms with van der Waals surface area (Å²) in [6.07, 6.45) is 3.61. The fourth-order valence-corrected chi connectivity index (χ4v) is 2.08. The summed E-state index contributed by atoms with van der Waals surface area (Å²) in [6, 6.07) is 0.0673. The molecule has 4 nitrogen and oxygen atoms in total. The molecule has 1 fully saturated rings. The van der Waals surface area contributed by atoms with Crippen molar-refractivity contribution in [1.29, 1.82) is 0 Å². The Kier molecular flexibility index (Phi) is 4.77. The van der Waals surface area contributed by atoms with Gasteiger partial charge in [0.05, 0.1) is 5.92 Å². The average Bonchev–Trinajstić information content (AvgIpc) is 2.65. The summed E-state index contributed by atoms with van der Waals surface area (Å²) in [5, 5.41) is 11.8. The quantitative estimate of drug-likeness (QED) is 0.752. The fraction of sp³-hybridized carbons (Fsp3) is 0.833. The molecule has 92 valence electrons. The maximum atomic E-state index is 11.6. The second kappa shape index (κ2) is 5.87. The van der Waals surface area contributed by atoms with Crippen LogP contribution in [0.5, 0.6) is 0 Å². The highest BCUT2D eigenvalue weighted by atomic mass is 16.4. The molecule has 0 aromatic carbocycles. The topological polar surface area (TPSA) is 66.4 Å². The Hall–Kier alpha value is -1.06. The van der Waals surface area contributed by atoms with Crippen molar-refractivity contribution in [1.82, 2.24) is 5.32 Å². The first kappa shape index (κ1) is 13.0. The van der Waals surface area contributed by atoms with Crippen LogP contribution < -0.4 is 5.32 Å². The Morgan fingerprint density at radius 2 is 2.12 bits per heavy atom. The van der Waals surface area contributed by atoms with Gasteiger partial charge in [-0.05, 0) is 25.2 Å². The molecule has 3 atom stereocenters. The van der Waals surface area contributed by atoms with Crippen LogP contribution in [0.2, 0.25) is 0 Å². The first-order valence-electron chi connectivity index (χ1n) is 6.05. The van der Waals surface area contributed by atoms with Crippen LogP contribution in [-0.2, 0) is 9.59 Å². The molecule has 0 heterocycles. The standard InChI is InChI=1S/C12H21NO3/c1-3-8(2)6-11(14)13-10-5-4-9(7-10)12(15)16/h8-10H,3-7H2,1-2H3,(H,13,14)(H,15,16)/t8?,9-,10+/m1/s1. The van der Waals surface area contributed by atoms with Crippen molar-refractivity contribution in [2.24, 2.45) is 11.8 Å². The van der Waals surface area contributed by atoms with Crippen molar-refractivity contribution >= 4 is 11.9 Å². The van der Waals surface area contributed by atoms with Crippen LogP contribution in [0.25, 0.3) is 0 Å². The number of amides is 1. The largest absolute Gasteiger partial charge is 0.481 e. The molecule has 0 bridgehead atoms. The van der Waals surface area contributed by atoms with Crippen LogP contribution in [0.4, 0.5) is 0 Å². The summed E-state index contributed by atoms with van der Waals surface area (Å²) >= 11 is 0. The van der Waals surface area contributed by atoms with Crippen LogP contribution in [0, 0.1) is 11.8 Å². The second-order valence-electron chi connectivity index (χ2n) is 4.83. The van der Waals surface area contributed by atoms with Gasteiger partial charge in [-0.2, -0.15) is 0 Å². The minimum Gasteiger partial charge on any atom is -0.481 e. The molecule has 0 aromatic rings. The molecule has 2 N–H and O–H groups in total. The van der Waals surface area contributed by atoms with Gasteiger partial charge in [-0.3, -0.25) is 9.59 Å². The minimum absolute atomic E-state index is 0.0605. The molecule has 1 saturated carbocycles. The molecule has 1 aliphatic carbocycles. The van der Waals surface area contributed by atoms with Gasteiger partial charge in [-0.25, -0.2) is 0 Å². The Labute approximate surface area is 96.4 Å². The number of carboxylic acid groups (broad SMARTS) is 1. The van der Waals surface area contributed by atoms with E-state index < -0.39 is 5.97 Å². The van der Waals surface area contributed by atoms with Gasteiger partial charge in [0.25, 0.3) is 0 Å². The lowest BCUT2D eigenvalue weighted by atomic mass is 10.0. The van der Waals surface area contributed by atoms with E-state index in [4.69, 9.17) is 5.11 Å². The number of rotatable bonds is 5. The second-order valence-corrected chi connectivity index (χ2v) is 4.83. The van der Waals surface area contributed by atoms with Crippen LogP contribution in [-0.4, -0.2) is 23.0 Å². The Bertz CT molecular complexity index is 265. The average molecular weight is 227 g/mol. The monoisotopic (exact) mass is 227 g/mol. The predicted octanol–water partition coefficient (Wildman–Crippen LogP) is 1.79. The number of nitrogens with one attached hydrogen (secondary N) is 1. The molecule has 16 heavy (non-hydrogen) atoms. The van der Waals surface area contributed by atoms with Gasteiger partial charge in [0.15, 0.2) is 0 Å². The third-order valence-electron chi connectivity index (χ3n) is 3.38. The lowest BCUT2D eigenvalue weighted by molar-refractivity contribution is -0.141. The van der Waals surface area contributed by atoms with Crippen molar-refractivity contribution in [3.8, 4) is 0 Å². The van der Waals surface area contributed by atoms with Crippen LogP contribution >= 0.6 is 0 Å². The van der Waals surface area contributed by atoms with Crippen molar-refractivity contribution in [2.75, 3.05) is 0 Å². The van der Waals surface area contributed by atoms with Gasteiger partial charge in [-0.1, -0.05) is 20.3 Å². The van der Waals surface area contributed by atoms with Crippen molar-refractivity contribution < 1.29 is 14.7 Å². The van der Waals surface area contributed by atoms with Crippen molar-refractivity contribution in [3.05, 3.63) is 0 Å². The van der Waals surface area contributed by atoms with E-state index in [1.807, 2.05) is 6.92 Å². The van der Waals surface area contributed by atoms with E-state index in [0.717, 1.165) is 12.8 Å². The molecule has 4 heteroatoms. The summed E-state index contributed by atoms with van der Waals surface area (Å²) in [6.45, 7) is 4.11. The molecule has 1 amide bonds. The normalized spacial score (nSPS) is 26.4. The van der Waals surface area contributed by atoms with Crippen LogP contribution in [0.1, 0.15) is 46.0 Å². The van der Waals surface area contributed by atoms with Gasteiger partial charge >= 0.3 is 5.97 Å². The fourth-order valence-electron chi connectivity index (χ4n) is 2.08. The molecule has 0 spiro atoms. The Morgan fingerprint density at radius 1 is 1.44 bits per heavy atom. The van der Waals surface area contributed by atoms with Crippen LogP contribution in [0.15, 0.2) is 0 Å². The van der Waals surface area contributed by atoms with Crippen molar-refractivity contribution in [3.63, 3.8) is 0 Å². The molecule has 1 aliphatic rings. The smallest absolute Gasteiger partial charge is 0.306 e. The van der Waals surface area contributed by atoms with Gasteiger partial charge in [-0.15, -0.1) is 0 Å². The number of carboxylic acids is 1. The van der Waals surface area contributed by atoms with E-state index in [1.165, 1.54) is 0 Å². The molecule has 0 aromatic heterocycles. The minimum atomic E-state index is -0.737. The third kappa shape index (κ3) is 3.83. The van der Waals surface area contributed by atoms with E-state index in [0.29, 0.717) is 25.2 Å². The summed E-state index contributed by atoms with van der Waals surface area (Å²) in [7, 11) is 0. The molecule has 0 radical (unpaired) electrons. The maximum absolute atomic E-state index is 11.6. The highest BCUT2D eigenvalue weighted by Gasteiger charge is 2.30. The zero-order valence-electron chi connectivity index (χ0n) is 10.0. The number of aliphatic carboxylic acids is 1. The molecule has 0 aliphatic heterocycles. The molecular weight excluding hydrogens is 206 g/mol. The maximum Gasteiger partial charge on any atom is 0.306 e. The summed E-state index contributed by atoms with van der Waals surface area (Å²) in [5.74, 6) is -0.547. The molecule has 1 unspecified atom stereocenters. The van der Waals surface area contributed by atoms with Gasteiger partial charge in [0.1, 0.15) is 0 Å². The van der Waals surface area contributed by atoms with E-state index >= 15 is 0 Å². The SMILES string of the molecule is CCC(C)CC(=O)N[C@H]1CC[C@@H](C(=O)O)C1. The van der Waals surface area contributed by atoms with Crippen LogP contribution in [0.3, 0.4) is 0 Å². The zero-order chi connectivity index (χ0) is 12.1. The predicted molar refractivity (Wildman–Crippen MR) is 61.0 cm³/mol. The molecular formula is C12H21NO3. The lowest BCUT2D eigenvalue weighted by Gasteiger charge is -2.14. The Morgan fingerprint density at radius 3 is 2.62 bits per heavy atom. The first-order chi connectivity index (χ1) is 7.52. The van der Waals surface area contributed by atoms with E-state index in [1.54, 1.807) is 0 Å².